The summed E-state index contributed by atoms with van der Waals surface area (Å²) < 4.78 is 0. The Balaban J connectivity index is 1.95. The molecule has 0 aliphatic carbocycles. The number of hydrogen-bond donors (Lipinski definition) is 1. The van der Waals surface area contributed by atoms with E-state index in [1.165, 1.54) is 11.0 Å². The van der Waals surface area contributed by atoms with Gasteiger partial charge < -0.3 is 4.90 Å². The largest absolute Gasteiger partial charge is 0.372 e. The van der Waals surface area contributed by atoms with Gasteiger partial charge in [0.15, 0.2) is 5.11 Å². The Morgan fingerprint density at radius 1 is 1.07 bits per heavy atom. The van der Waals surface area contributed by atoms with Crippen molar-refractivity contribution in [2.24, 2.45) is 0 Å². The van der Waals surface area contributed by atoms with Crippen molar-refractivity contribution in [2.75, 3.05) is 22.9 Å². The number of thiocarbonyl (C=S) groups is 1. The molecule has 1 heterocycles. The normalized spacial score (nSPS) is 15.7. The predicted molar refractivity (Wildman–Crippen MR) is 123 cm³/mol. The van der Waals surface area contributed by atoms with Crippen LogP contribution in [0.25, 0.3) is 6.08 Å². The topological polar surface area (TPSA) is 52.7 Å². The van der Waals surface area contributed by atoms with Gasteiger partial charge in [-0.05, 0) is 68.0 Å². The summed E-state index contributed by atoms with van der Waals surface area (Å²) in [6, 6.07) is 12.4. The Hall–Kier alpha value is -2.41. The molecule has 0 radical (unpaired) electrons. The van der Waals surface area contributed by atoms with Crippen molar-refractivity contribution in [2.45, 2.75) is 13.8 Å². The summed E-state index contributed by atoms with van der Waals surface area (Å²) in [7, 11) is 0. The van der Waals surface area contributed by atoms with Gasteiger partial charge in [-0.3, -0.25) is 19.8 Å². The third-order valence-electron chi connectivity index (χ3n) is 4.58. The molecule has 2 aromatic carbocycles. The Labute approximate surface area is 184 Å². The summed E-state index contributed by atoms with van der Waals surface area (Å²) in [6.45, 7) is 5.96. The number of hydrogen-bond acceptors (Lipinski definition) is 4. The first-order valence-electron chi connectivity index (χ1n) is 9.07. The summed E-state index contributed by atoms with van der Waals surface area (Å²) in [5, 5.41) is 3.21. The molecule has 1 fully saturated rings. The highest BCUT2D eigenvalue weighted by Gasteiger charge is 2.35. The van der Waals surface area contributed by atoms with Crippen molar-refractivity contribution >= 4 is 69.8 Å². The number of nitrogens with zero attached hydrogens (tertiary/aromatic N) is 2. The van der Waals surface area contributed by atoms with Gasteiger partial charge in [-0.25, -0.2) is 0 Å². The van der Waals surface area contributed by atoms with Crippen LogP contribution >= 0.6 is 35.4 Å². The molecule has 150 valence electrons. The number of halogens is 2. The summed E-state index contributed by atoms with van der Waals surface area (Å²) in [6.07, 6.45) is 1.54. The van der Waals surface area contributed by atoms with Crippen molar-refractivity contribution in [1.82, 2.24) is 5.32 Å². The molecule has 0 bridgehead atoms. The van der Waals surface area contributed by atoms with Gasteiger partial charge in [0.05, 0.1) is 10.7 Å². The minimum absolute atomic E-state index is 0.0276. The molecular formula is C21H19Cl2N3O2S. The minimum Gasteiger partial charge on any atom is -0.372 e. The van der Waals surface area contributed by atoms with E-state index in [1.807, 2.05) is 24.3 Å². The highest BCUT2D eigenvalue weighted by Crippen LogP contribution is 2.31. The van der Waals surface area contributed by atoms with Crippen LogP contribution in [0.3, 0.4) is 0 Å². The molecule has 0 spiro atoms. The zero-order valence-electron chi connectivity index (χ0n) is 15.9. The van der Waals surface area contributed by atoms with E-state index in [0.717, 1.165) is 24.3 Å². The van der Waals surface area contributed by atoms with E-state index >= 15 is 0 Å². The summed E-state index contributed by atoms with van der Waals surface area (Å²) in [4.78, 5) is 28.9. The predicted octanol–water partition coefficient (Wildman–Crippen LogP) is 4.67. The van der Waals surface area contributed by atoms with E-state index in [9.17, 15) is 9.59 Å². The lowest BCUT2D eigenvalue weighted by atomic mass is 10.1. The van der Waals surface area contributed by atoms with E-state index in [2.05, 4.69) is 24.1 Å². The van der Waals surface area contributed by atoms with Crippen molar-refractivity contribution < 1.29 is 9.59 Å². The van der Waals surface area contributed by atoms with Crippen LogP contribution in [0.1, 0.15) is 19.4 Å². The van der Waals surface area contributed by atoms with Crippen molar-refractivity contribution in [3.63, 3.8) is 0 Å². The first-order valence-corrected chi connectivity index (χ1v) is 10.2. The fourth-order valence-electron chi connectivity index (χ4n) is 3.08. The second-order valence-electron chi connectivity index (χ2n) is 6.32. The lowest BCUT2D eigenvalue weighted by molar-refractivity contribution is -0.122. The number of carbonyl (C=O) groups excluding carboxylic acids is 2. The van der Waals surface area contributed by atoms with Crippen LogP contribution in [0.4, 0.5) is 11.4 Å². The quantitative estimate of drug-likeness (QED) is 0.410. The maximum absolute atomic E-state index is 13.1. The molecule has 1 N–H and O–H groups in total. The van der Waals surface area contributed by atoms with E-state index in [-0.39, 0.29) is 15.7 Å². The minimum atomic E-state index is -0.547. The molecule has 0 saturated carbocycles. The molecule has 5 nitrogen and oxygen atoms in total. The zero-order chi connectivity index (χ0) is 21.1. The third-order valence-corrected chi connectivity index (χ3v) is 5.41. The molecule has 1 aliphatic heterocycles. The summed E-state index contributed by atoms with van der Waals surface area (Å²) >= 11 is 17.4. The molecule has 0 atom stereocenters. The first-order chi connectivity index (χ1) is 13.8. The second kappa shape index (κ2) is 8.95. The van der Waals surface area contributed by atoms with Crippen molar-refractivity contribution in [3.8, 4) is 0 Å². The van der Waals surface area contributed by atoms with Crippen LogP contribution in [0, 0.1) is 0 Å². The van der Waals surface area contributed by atoms with Crippen LogP contribution in [-0.4, -0.2) is 30.0 Å². The average Bonchev–Trinajstić information content (AvgIpc) is 2.68. The molecule has 1 saturated heterocycles. The van der Waals surface area contributed by atoms with Crippen molar-refractivity contribution in [1.29, 1.82) is 0 Å². The van der Waals surface area contributed by atoms with Gasteiger partial charge in [-0.2, -0.15) is 0 Å². The summed E-state index contributed by atoms with van der Waals surface area (Å²) in [5.74, 6) is -1.09. The van der Waals surface area contributed by atoms with Crippen LogP contribution in [-0.2, 0) is 9.59 Å². The second-order valence-corrected chi connectivity index (χ2v) is 7.55. The van der Waals surface area contributed by atoms with Gasteiger partial charge in [0, 0.05) is 23.8 Å². The summed E-state index contributed by atoms with van der Waals surface area (Å²) in [5.41, 5.74) is 2.13. The van der Waals surface area contributed by atoms with E-state index < -0.39 is 11.8 Å². The number of carbonyl (C=O) groups is 2. The first kappa shape index (κ1) is 21.3. The van der Waals surface area contributed by atoms with Crippen LogP contribution in [0.2, 0.25) is 10.0 Å². The van der Waals surface area contributed by atoms with E-state index in [0.29, 0.717) is 10.7 Å². The molecule has 2 amide bonds. The molecular weight excluding hydrogens is 429 g/mol. The molecule has 29 heavy (non-hydrogen) atoms. The average molecular weight is 448 g/mol. The third kappa shape index (κ3) is 4.45. The highest BCUT2D eigenvalue weighted by atomic mass is 35.5. The van der Waals surface area contributed by atoms with Crippen LogP contribution in [0.5, 0.6) is 0 Å². The van der Waals surface area contributed by atoms with E-state index in [1.54, 1.807) is 18.2 Å². The number of anilines is 2. The molecule has 1 aliphatic rings. The Morgan fingerprint density at radius 2 is 1.72 bits per heavy atom. The molecule has 3 rings (SSSR count). The number of amides is 2. The Morgan fingerprint density at radius 3 is 2.31 bits per heavy atom. The molecule has 2 aromatic rings. The fourth-order valence-corrected chi connectivity index (χ4v) is 3.84. The SMILES string of the molecule is CCN(CC)c1ccc(C=C2C(=O)NC(=S)N(c3ccc(Cl)cc3Cl)C2=O)cc1. The van der Waals surface area contributed by atoms with Gasteiger partial charge in [-0.1, -0.05) is 35.3 Å². The van der Waals surface area contributed by atoms with Gasteiger partial charge >= 0.3 is 0 Å². The lowest BCUT2D eigenvalue weighted by Crippen LogP contribution is -2.54. The maximum Gasteiger partial charge on any atom is 0.270 e. The number of nitrogens with one attached hydrogen (secondary N) is 1. The molecule has 8 heteroatoms. The number of benzene rings is 2. The van der Waals surface area contributed by atoms with Gasteiger partial charge in [0.25, 0.3) is 11.8 Å². The maximum atomic E-state index is 13.1. The van der Waals surface area contributed by atoms with Crippen LogP contribution in [0.15, 0.2) is 48.0 Å². The standard InChI is InChI=1S/C21H19Cl2N3O2S/c1-3-25(4-2)15-8-5-13(6-9-15)11-16-19(27)24-21(29)26(20(16)28)18-10-7-14(22)12-17(18)23/h5-12H,3-4H2,1-2H3,(H,24,27,29). The molecule has 0 aromatic heterocycles. The smallest absolute Gasteiger partial charge is 0.270 e. The number of rotatable bonds is 5. The van der Waals surface area contributed by atoms with Crippen molar-refractivity contribution in [3.05, 3.63) is 63.6 Å². The Kier molecular flexibility index (Phi) is 6.57. The van der Waals surface area contributed by atoms with Crippen LogP contribution < -0.4 is 15.1 Å². The lowest BCUT2D eigenvalue weighted by Gasteiger charge is -2.29. The fraction of sp³-hybridized carbons (Fsp3) is 0.190. The van der Waals surface area contributed by atoms with E-state index in [4.69, 9.17) is 35.4 Å². The highest BCUT2D eigenvalue weighted by molar-refractivity contribution is 7.80. The molecule has 0 unspecified atom stereocenters. The Bertz CT molecular complexity index is 1000. The monoisotopic (exact) mass is 447 g/mol. The van der Waals surface area contributed by atoms with Gasteiger partial charge in [-0.15, -0.1) is 0 Å². The van der Waals surface area contributed by atoms with Gasteiger partial charge in [0.1, 0.15) is 5.57 Å². The van der Waals surface area contributed by atoms with Gasteiger partial charge in [0.2, 0.25) is 0 Å². The zero-order valence-corrected chi connectivity index (χ0v) is 18.2.